The van der Waals surface area contributed by atoms with Crippen LogP contribution in [0.25, 0.3) is 0 Å². The van der Waals surface area contributed by atoms with Crippen molar-refractivity contribution in [2.45, 2.75) is 72.2 Å². The second-order valence-corrected chi connectivity index (χ2v) is 8.80. The lowest BCUT2D eigenvalue weighted by Gasteiger charge is -2.41. The van der Waals surface area contributed by atoms with Crippen LogP contribution >= 0.6 is 0 Å². The van der Waals surface area contributed by atoms with Crippen LogP contribution < -0.4 is 0 Å². The minimum absolute atomic E-state index is 0.0255. The summed E-state index contributed by atoms with van der Waals surface area (Å²) >= 11 is 0. The van der Waals surface area contributed by atoms with Gasteiger partial charge in [0.1, 0.15) is 18.0 Å². The number of carbonyl (C=O) groups is 3. The summed E-state index contributed by atoms with van der Waals surface area (Å²) in [5.41, 5.74) is -0.632. The van der Waals surface area contributed by atoms with Gasteiger partial charge in [-0.25, -0.2) is 4.79 Å². The summed E-state index contributed by atoms with van der Waals surface area (Å²) in [6.07, 6.45) is 0.125. The minimum atomic E-state index is -0.932. The number of ether oxygens (including phenoxy) is 3. The highest BCUT2D eigenvalue weighted by molar-refractivity contribution is 5.93. The molecule has 1 saturated heterocycles. The molecule has 0 aromatic carbocycles. The van der Waals surface area contributed by atoms with Crippen molar-refractivity contribution in [1.82, 2.24) is 0 Å². The predicted molar refractivity (Wildman–Crippen MR) is 102 cm³/mol. The lowest BCUT2D eigenvalue weighted by atomic mass is 9.67. The molecular formula is C22H32O6. The third-order valence-electron chi connectivity index (χ3n) is 7.18. The number of rotatable bonds is 5. The first-order valence-electron chi connectivity index (χ1n) is 10.4. The molecule has 8 atom stereocenters. The van der Waals surface area contributed by atoms with Gasteiger partial charge in [-0.15, -0.1) is 0 Å². The molecule has 3 fully saturated rings. The topological polar surface area (TPSA) is 78.9 Å². The van der Waals surface area contributed by atoms with Gasteiger partial charge in [0, 0.05) is 24.5 Å². The van der Waals surface area contributed by atoms with E-state index in [-0.39, 0.29) is 35.6 Å². The number of Topliss-reactive ketones (excluding diaryl/α,β-unsaturated/α-hetero) is 1. The van der Waals surface area contributed by atoms with Crippen LogP contribution in [0, 0.1) is 29.1 Å². The first-order valence-corrected chi connectivity index (χ1v) is 10.4. The summed E-state index contributed by atoms with van der Waals surface area (Å²) < 4.78 is 17.5. The molecular weight excluding hydrogens is 360 g/mol. The average molecular weight is 392 g/mol. The molecule has 0 N–H and O–H groups in total. The Morgan fingerprint density at radius 1 is 1.36 bits per heavy atom. The molecule has 6 heteroatoms. The Balaban J connectivity index is 2.08. The zero-order chi connectivity index (χ0) is 20.8. The van der Waals surface area contributed by atoms with Crippen molar-refractivity contribution in [2.24, 2.45) is 29.1 Å². The zero-order valence-electron chi connectivity index (χ0n) is 17.5. The Morgan fingerprint density at radius 3 is 2.64 bits per heavy atom. The summed E-state index contributed by atoms with van der Waals surface area (Å²) in [6, 6.07) is 0. The van der Waals surface area contributed by atoms with Gasteiger partial charge in [0.25, 0.3) is 0 Å². The zero-order valence-corrected chi connectivity index (χ0v) is 17.5. The summed E-state index contributed by atoms with van der Waals surface area (Å²) in [7, 11) is 0. The summed E-state index contributed by atoms with van der Waals surface area (Å²) in [6.45, 7) is 14.0. The number of hydrogen-bond acceptors (Lipinski definition) is 6. The molecule has 156 valence electrons. The van der Waals surface area contributed by atoms with E-state index in [1.807, 2.05) is 27.7 Å². The number of hydrogen-bond donors (Lipinski definition) is 0. The predicted octanol–water partition coefficient (Wildman–Crippen LogP) is 3.08. The van der Waals surface area contributed by atoms with Gasteiger partial charge in [0.2, 0.25) is 0 Å². The third-order valence-corrected chi connectivity index (χ3v) is 7.18. The largest absolute Gasteiger partial charge is 0.460 e. The molecule has 0 radical (unpaired) electrons. The SMILES string of the molecule is C=C1C(=O)OC2CC(C)C3C(OCC)CC(=O)C3(C)C(OC(=O)C(C)CC)C12. The average Bonchev–Trinajstić information content (AvgIpc) is 3.02. The van der Waals surface area contributed by atoms with Crippen molar-refractivity contribution in [3.8, 4) is 0 Å². The van der Waals surface area contributed by atoms with Crippen LogP contribution in [0.2, 0.25) is 0 Å². The Morgan fingerprint density at radius 2 is 2.04 bits per heavy atom. The van der Waals surface area contributed by atoms with Gasteiger partial charge in [0.05, 0.1) is 23.4 Å². The van der Waals surface area contributed by atoms with E-state index in [4.69, 9.17) is 14.2 Å². The van der Waals surface area contributed by atoms with Crippen LogP contribution in [0.3, 0.4) is 0 Å². The smallest absolute Gasteiger partial charge is 0.334 e. The first kappa shape index (κ1) is 21.0. The molecule has 6 nitrogen and oxygen atoms in total. The normalized spacial score (nSPS) is 41.1. The molecule has 0 aromatic rings. The highest BCUT2D eigenvalue weighted by Crippen LogP contribution is 2.57. The maximum atomic E-state index is 13.3. The van der Waals surface area contributed by atoms with Crippen molar-refractivity contribution in [3.63, 3.8) is 0 Å². The molecule has 3 aliphatic rings. The third kappa shape index (κ3) is 3.10. The van der Waals surface area contributed by atoms with Gasteiger partial charge in [-0.05, 0) is 32.6 Å². The Kier molecular flexibility index (Phi) is 5.72. The van der Waals surface area contributed by atoms with E-state index in [1.165, 1.54) is 0 Å². The molecule has 8 unspecified atom stereocenters. The highest BCUT2D eigenvalue weighted by Gasteiger charge is 2.66. The Labute approximate surface area is 167 Å². The molecule has 1 aliphatic heterocycles. The molecule has 0 bridgehead atoms. The lowest BCUT2D eigenvalue weighted by molar-refractivity contribution is -0.170. The molecule has 2 aliphatic carbocycles. The fourth-order valence-electron chi connectivity index (χ4n) is 5.49. The maximum absolute atomic E-state index is 13.3. The van der Waals surface area contributed by atoms with Crippen LogP contribution in [0.5, 0.6) is 0 Å². The number of carbonyl (C=O) groups excluding carboxylic acids is 3. The minimum Gasteiger partial charge on any atom is -0.460 e. The van der Waals surface area contributed by atoms with Crippen molar-refractivity contribution in [2.75, 3.05) is 6.61 Å². The van der Waals surface area contributed by atoms with Crippen LogP contribution in [0.15, 0.2) is 12.2 Å². The van der Waals surface area contributed by atoms with Gasteiger partial charge in [-0.1, -0.05) is 27.4 Å². The van der Waals surface area contributed by atoms with E-state index < -0.39 is 29.5 Å². The standard InChI is InChI=1S/C22H32O6/c1-7-11(3)20(24)28-19-17-13(5)21(25)27-14(17)9-12(4)18-15(26-8-2)10-16(23)22(18,19)6/h11-12,14-15,17-19H,5,7-10H2,1-4,6H3. The molecule has 0 aromatic heterocycles. The molecule has 3 rings (SSSR count). The Bertz CT molecular complexity index is 685. The van der Waals surface area contributed by atoms with E-state index >= 15 is 0 Å². The van der Waals surface area contributed by atoms with Crippen LogP contribution in [-0.2, 0) is 28.6 Å². The summed E-state index contributed by atoms with van der Waals surface area (Å²) in [5.74, 6) is -1.59. The van der Waals surface area contributed by atoms with Crippen molar-refractivity contribution >= 4 is 17.7 Å². The van der Waals surface area contributed by atoms with E-state index in [2.05, 4.69) is 13.5 Å². The number of ketones is 1. The van der Waals surface area contributed by atoms with E-state index in [1.54, 1.807) is 0 Å². The van der Waals surface area contributed by atoms with Gasteiger partial charge in [-0.3, -0.25) is 9.59 Å². The van der Waals surface area contributed by atoms with E-state index in [9.17, 15) is 14.4 Å². The van der Waals surface area contributed by atoms with E-state index in [0.29, 0.717) is 31.4 Å². The highest BCUT2D eigenvalue weighted by atomic mass is 16.6. The first-order chi connectivity index (χ1) is 13.2. The van der Waals surface area contributed by atoms with Crippen molar-refractivity contribution in [1.29, 1.82) is 0 Å². The molecule has 0 spiro atoms. The van der Waals surface area contributed by atoms with Gasteiger partial charge in [-0.2, -0.15) is 0 Å². The quantitative estimate of drug-likeness (QED) is 0.528. The van der Waals surface area contributed by atoms with Crippen LogP contribution in [0.1, 0.15) is 53.9 Å². The van der Waals surface area contributed by atoms with Gasteiger partial charge < -0.3 is 14.2 Å². The number of esters is 2. The van der Waals surface area contributed by atoms with Crippen LogP contribution in [-0.4, -0.2) is 42.6 Å². The molecule has 1 heterocycles. The lowest BCUT2D eigenvalue weighted by Crippen LogP contribution is -2.50. The fourth-order valence-corrected chi connectivity index (χ4v) is 5.49. The molecule has 2 saturated carbocycles. The van der Waals surface area contributed by atoms with Crippen LogP contribution in [0.4, 0.5) is 0 Å². The van der Waals surface area contributed by atoms with E-state index in [0.717, 1.165) is 0 Å². The van der Waals surface area contributed by atoms with Gasteiger partial charge >= 0.3 is 11.9 Å². The Hall–Kier alpha value is -1.69. The maximum Gasteiger partial charge on any atom is 0.334 e. The second-order valence-electron chi connectivity index (χ2n) is 8.80. The molecule has 28 heavy (non-hydrogen) atoms. The van der Waals surface area contributed by atoms with Crippen molar-refractivity contribution in [3.05, 3.63) is 12.2 Å². The fraction of sp³-hybridized carbons (Fsp3) is 0.773. The van der Waals surface area contributed by atoms with Gasteiger partial charge in [0.15, 0.2) is 0 Å². The molecule has 0 amide bonds. The summed E-state index contributed by atoms with van der Waals surface area (Å²) in [4.78, 5) is 38.3. The number of fused-ring (bicyclic) bond motifs is 2. The monoisotopic (exact) mass is 392 g/mol. The summed E-state index contributed by atoms with van der Waals surface area (Å²) in [5, 5.41) is 0. The van der Waals surface area contributed by atoms with Crippen molar-refractivity contribution < 1.29 is 28.6 Å². The second kappa shape index (κ2) is 7.62.